The second kappa shape index (κ2) is 7.50. The molecule has 1 aromatic rings. The van der Waals surface area contributed by atoms with Gasteiger partial charge in [-0.1, -0.05) is 0 Å². The van der Waals surface area contributed by atoms with Gasteiger partial charge in [-0.25, -0.2) is 4.98 Å². The minimum absolute atomic E-state index is 0.316. The van der Waals surface area contributed by atoms with Crippen molar-refractivity contribution < 1.29 is 4.74 Å². The predicted octanol–water partition coefficient (Wildman–Crippen LogP) is 3.04. The number of hydrogen-bond acceptors (Lipinski definition) is 4. The van der Waals surface area contributed by atoms with Gasteiger partial charge in [0.25, 0.3) is 0 Å². The van der Waals surface area contributed by atoms with Crippen LogP contribution in [0, 0.1) is 0 Å². The first-order valence-electron chi connectivity index (χ1n) is 5.86. The summed E-state index contributed by atoms with van der Waals surface area (Å²) in [5.41, 5.74) is 6.27. The number of hydrogen-bond donors (Lipinski definition) is 2. The zero-order valence-electron chi connectivity index (χ0n) is 10.4. The molecule has 0 aliphatic heterocycles. The lowest BCUT2D eigenvalue weighted by Gasteiger charge is -2.09. The number of anilines is 2. The quantitative estimate of drug-likeness (QED) is 0.760. The smallest absolute Gasteiger partial charge is 0.140 e. The van der Waals surface area contributed by atoms with Crippen molar-refractivity contribution in [3.05, 3.63) is 16.7 Å². The standard InChI is InChI=1S/C12H20BrN3O/c1-9(2)17-6-4-3-5-15-12-11(13)7-10(14)8-16-12/h7-9H,3-6,14H2,1-2H3,(H,15,16). The monoisotopic (exact) mass is 301 g/mol. The molecule has 0 aromatic carbocycles. The molecule has 0 fully saturated rings. The topological polar surface area (TPSA) is 60.2 Å². The Morgan fingerprint density at radius 2 is 2.24 bits per heavy atom. The van der Waals surface area contributed by atoms with Crippen LogP contribution in [-0.4, -0.2) is 24.2 Å². The van der Waals surface area contributed by atoms with Crippen LogP contribution in [-0.2, 0) is 4.74 Å². The second-order valence-electron chi connectivity index (χ2n) is 4.15. The molecule has 0 aliphatic rings. The van der Waals surface area contributed by atoms with Crippen LogP contribution in [0.5, 0.6) is 0 Å². The summed E-state index contributed by atoms with van der Waals surface area (Å²) in [4.78, 5) is 4.21. The molecule has 0 aliphatic carbocycles. The maximum atomic E-state index is 5.61. The molecular weight excluding hydrogens is 282 g/mol. The Morgan fingerprint density at radius 3 is 2.88 bits per heavy atom. The summed E-state index contributed by atoms with van der Waals surface area (Å²) >= 11 is 3.42. The summed E-state index contributed by atoms with van der Waals surface area (Å²) in [5, 5.41) is 3.26. The molecular formula is C12H20BrN3O. The van der Waals surface area contributed by atoms with Gasteiger partial charge in [-0.05, 0) is 48.7 Å². The summed E-state index contributed by atoms with van der Waals surface area (Å²) in [6.07, 6.45) is 4.08. The summed E-state index contributed by atoms with van der Waals surface area (Å²) in [6.45, 7) is 5.80. The third-order valence-electron chi connectivity index (χ3n) is 2.18. The van der Waals surface area contributed by atoms with Crippen molar-refractivity contribution in [1.29, 1.82) is 0 Å². The Bertz CT molecular complexity index is 345. The number of aromatic nitrogens is 1. The Kier molecular flexibility index (Phi) is 6.29. The van der Waals surface area contributed by atoms with E-state index in [9.17, 15) is 0 Å². The van der Waals surface area contributed by atoms with Crippen LogP contribution >= 0.6 is 15.9 Å². The van der Waals surface area contributed by atoms with E-state index in [2.05, 4.69) is 26.2 Å². The molecule has 3 N–H and O–H groups in total. The van der Waals surface area contributed by atoms with E-state index in [1.54, 1.807) is 6.20 Å². The maximum absolute atomic E-state index is 5.61. The van der Waals surface area contributed by atoms with Crippen molar-refractivity contribution in [3.8, 4) is 0 Å². The number of rotatable bonds is 7. The van der Waals surface area contributed by atoms with Crippen LogP contribution in [0.15, 0.2) is 16.7 Å². The first-order valence-corrected chi connectivity index (χ1v) is 6.65. The maximum Gasteiger partial charge on any atom is 0.140 e. The fraction of sp³-hybridized carbons (Fsp3) is 0.583. The third kappa shape index (κ3) is 5.89. The van der Waals surface area contributed by atoms with E-state index < -0.39 is 0 Å². The van der Waals surface area contributed by atoms with E-state index in [1.807, 2.05) is 19.9 Å². The minimum atomic E-state index is 0.316. The lowest BCUT2D eigenvalue weighted by molar-refractivity contribution is 0.0765. The summed E-state index contributed by atoms with van der Waals surface area (Å²) in [7, 11) is 0. The zero-order valence-corrected chi connectivity index (χ0v) is 12.0. The zero-order chi connectivity index (χ0) is 12.7. The fourth-order valence-corrected chi connectivity index (χ4v) is 1.84. The van der Waals surface area contributed by atoms with E-state index in [0.717, 1.165) is 36.3 Å². The highest BCUT2D eigenvalue weighted by Gasteiger charge is 2.00. The number of nitrogen functional groups attached to an aromatic ring is 1. The van der Waals surface area contributed by atoms with Crippen molar-refractivity contribution in [3.63, 3.8) is 0 Å². The molecule has 1 heterocycles. The van der Waals surface area contributed by atoms with Gasteiger partial charge in [0.05, 0.1) is 22.5 Å². The first-order chi connectivity index (χ1) is 8.09. The van der Waals surface area contributed by atoms with Crippen molar-refractivity contribution >= 4 is 27.4 Å². The van der Waals surface area contributed by atoms with E-state index >= 15 is 0 Å². The van der Waals surface area contributed by atoms with Crippen molar-refractivity contribution in [1.82, 2.24) is 4.98 Å². The lowest BCUT2D eigenvalue weighted by Crippen LogP contribution is -2.08. The van der Waals surface area contributed by atoms with Crippen LogP contribution in [0.2, 0.25) is 0 Å². The predicted molar refractivity (Wildman–Crippen MR) is 75.2 cm³/mol. The number of nitrogens with zero attached hydrogens (tertiary/aromatic N) is 1. The highest BCUT2D eigenvalue weighted by molar-refractivity contribution is 9.10. The van der Waals surface area contributed by atoms with E-state index in [0.29, 0.717) is 11.8 Å². The van der Waals surface area contributed by atoms with Gasteiger partial charge in [-0.2, -0.15) is 0 Å². The molecule has 17 heavy (non-hydrogen) atoms. The molecule has 1 aromatic heterocycles. The van der Waals surface area contributed by atoms with E-state index in [4.69, 9.17) is 10.5 Å². The van der Waals surface area contributed by atoms with Gasteiger partial charge in [0.15, 0.2) is 0 Å². The number of pyridine rings is 1. The SMILES string of the molecule is CC(C)OCCCCNc1ncc(N)cc1Br. The molecule has 0 atom stereocenters. The summed E-state index contributed by atoms with van der Waals surface area (Å²) in [5.74, 6) is 0.837. The summed E-state index contributed by atoms with van der Waals surface area (Å²) in [6, 6.07) is 1.84. The van der Waals surface area contributed by atoms with Gasteiger partial charge in [-0.3, -0.25) is 0 Å². The van der Waals surface area contributed by atoms with Crippen LogP contribution in [0.3, 0.4) is 0 Å². The third-order valence-corrected chi connectivity index (χ3v) is 2.78. The van der Waals surface area contributed by atoms with Gasteiger partial charge in [-0.15, -0.1) is 0 Å². The van der Waals surface area contributed by atoms with Gasteiger partial charge < -0.3 is 15.8 Å². The molecule has 5 heteroatoms. The molecule has 4 nitrogen and oxygen atoms in total. The molecule has 0 saturated carbocycles. The Balaban J connectivity index is 2.18. The van der Waals surface area contributed by atoms with Crippen molar-refractivity contribution in [2.45, 2.75) is 32.8 Å². The second-order valence-corrected chi connectivity index (χ2v) is 5.01. The first kappa shape index (κ1) is 14.3. The van der Waals surface area contributed by atoms with Crippen molar-refractivity contribution in [2.24, 2.45) is 0 Å². The average Bonchev–Trinajstić information content (AvgIpc) is 2.25. The highest BCUT2D eigenvalue weighted by atomic mass is 79.9. The molecule has 96 valence electrons. The fourth-order valence-electron chi connectivity index (χ4n) is 1.34. The largest absolute Gasteiger partial charge is 0.397 e. The normalized spacial score (nSPS) is 10.8. The Morgan fingerprint density at radius 1 is 1.47 bits per heavy atom. The van der Waals surface area contributed by atoms with Crippen LogP contribution in [0.25, 0.3) is 0 Å². The van der Waals surface area contributed by atoms with Gasteiger partial charge in [0, 0.05) is 13.2 Å². The van der Waals surface area contributed by atoms with Crippen LogP contribution in [0.1, 0.15) is 26.7 Å². The molecule has 1 rings (SSSR count). The number of ether oxygens (including phenoxy) is 1. The molecule has 0 spiro atoms. The van der Waals surface area contributed by atoms with E-state index in [1.165, 1.54) is 0 Å². The molecule has 0 unspecified atom stereocenters. The number of nitrogens with two attached hydrogens (primary N) is 1. The number of halogens is 1. The molecule has 0 amide bonds. The van der Waals surface area contributed by atoms with Gasteiger partial charge in [0.1, 0.15) is 5.82 Å². The highest BCUT2D eigenvalue weighted by Crippen LogP contribution is 2.21. The summed E-state index contributed by atoms with van der Waals surface area (Å²) < 4.78 is 6.36. The molecule has 0 bridgehead atoms. The van der Waals surface area contributed by atoms with Crippen LogP contribution in [0.4, 0.5) is 11.5 Å². The average molecular weight is 302 g/mol. The Labute approximate surface area is 111 Å². The Hall–Kier alpha value is -0.810. The van der Waals surface area contributed by atoms with E-state index in [-0.39, 0.29) is 0 Å². The minimum Gasteiger partial charge on any atom is -0.397 e. The molecule has 0 radical (unpaired) electrons. The van der Waals surface area contributed by atoms with Crippen LogP contribution < -0.4 is 11.1 Å². The number of nitrogens with one attached hydrogen (secondary N) is 1. The molecule has 0 saturated heterocycles. The van der Waals surface area contributed by atoms with Crippen molar-refractivity contribution in [2.75, 3.05) is 24.2 Å². The van der Waals surface area contributed by atoms with Gasteiger partial charge >= 0.3 is 0 Å². The lowest BCUT2D eigenvalue weighted by atomic mass is 10.3. The van der Waals surface area contributed by atoms with Gasteiger partial charge in [0.2, 0.25) is 0 Å². The number of unbranched alkanes of at least 4 members (excludes halogenated alkanes) is 1.